The molecule has 2 aromatic heterocycles. The summed E-state index contributed by atoms with van der Waals surface area (Å²) in [7, 11) is 0. The van der Waals surface area contributed by atoms with Crippen LogP contribution in [0.1, 0.15) is 56.0 Å². The zero-order valence-corrected chi connectivity index (χ0v) is 21.4. The molecule has 1 unspecified atom stereocenters. The number of fused-ring (bicyclic) bond motifs is 1. The van der Waals surface area contributed by atoms with Crippen LogP contribution in [-0.4, -0.2) is 34.4 Å². The van der Waals surface area contributed by atoms with Crippen LogP contribution in [0.15, 0.2) is 33.9 Å². The van der Waals surface area contributed by atoms with Crippen LogP contribution in [0.5, 0.6) is 0 Å². The van der Waals surface area contributed by atoms with E-state index in [2.05, 4.69) is 40.3 Å². The van der Waals surface area contributed by atoms with Crippen molar-refractivity contribution in [3.8, 4) is 17.5 Å². The molecule has 2 heterocycles. The van der Waals surface area contributed by atoms with E-state index in [0.29, 0.717) is 21.7 Å². The van der Waals surface area contributed by atoms with Crippen molar-refractivity contribution in [1.82, 2.24) is 10.2 Å². The van der Waals surface area contributed by atoms with Crippen molar-refractivity contribution < 1.29 is 9.21 Å². The summed E-state index contributed by atoms with van der Waals surface area (Å²) in [5, 5.41) is 21.5. The monoisotopic (exact) mass is 495 g/mol. The Hall–Kier alpha value is -2.83. The van der Waals surface area contributed by atoms with Gasteiger partial charge in [0.2, 0.25) is 11.8 Å². The number of nitrogens with one attached hydrogen (secondary N) is 1. The summed E-state index contributed by atoms with van der Waals surface area (Å²) in [5.74, 6) is 0.246. The van der Waals surface area contributed by atoms with Crippen molar-refractivity contribution in [3.05, 3.63) is 40.3 Å². The average molecular weight is 496 g/mol. The number of aromatic nitrogens is 2. The van der Waals surface area contributed by atoms with Gasteiger partial charge in [-0.2, -0.15) is 5.26 Å². The van der Waals surface area contributed by atoms with Crippen LogP contribution in [0.25, 0.3) is 11.5 Å². The third-order valence-electron chi connectivity index (χ3n) is 6.07. The Labute approximate surface area is 208 Å². The number of anilines is 2. The Balaban J connectivity index is 1.41. The van der Waals surface area contributed by atoms with Gasteiger partial charge in [0.05, 0.1) is 10.8 Å². The molecule has 34 heavy (non-hydrogen) atoms. The Morgan fingerprint density at radius 1 is 1.21 bits per heavy atom. The van der Waals surface area contributed by atoms with Gasteiger partial charge in [0.25, 0.3) is 5.22 Å². The number of carbonyl (C=O) groups is 1. The summed E-state index contributed by atoms with van der Waals surface area (Å²) in [6.07, 6.45) is 5.31. The highest BCUT2D eigenvalue weighted by Crippen LogP contribution is 2.37. The quantitative estimate of drug-likeness (QED) is 0.307. The summed E-state index contributed by atoms with van der Waals surface area (Å²) in [5.41, 5.74) is 3.73. The predicted molar refractivity (Wildman–Crippen MR) is 138 cm³/mol. The molecule has 1 atom stereocenters. The van der Waals surface area contributed by atoms with Gasteiger partial charge in [0.1, 0.15) is 11.1 Å². The molecule has 1 aromatic carbocycles. The van der Waals surface area contributed by atoms with Crippen LogP contribution in [-0.2, 0) is 17.6 Å². The minimum absolute atomic E-state index is 0.179. The summed E-state index contributed by atoms with van der Waals surface area (Å²) in [6.45, 7) is 7.95. The van der Waals surface area contributed by atoms with Crippen molar-refractivity contribution in [3.63, 3.8) is 0 Å². The number of nitriles is 1. The average Bonchev–Trinajstić information content (AvgIpc) is 3.37. The van der Waals surface area contributed by atoms with Crippen LogP contribution in [0.4, 0.5) is 10.7 Å². The fourth-order valence-electron chi connectivity index (χ4n) is 4.14. The van der Waals surface area contributed by atoms with E-state index in [1.165, 1.54) is 23.1 Å². The molecule has 3 aromatic rings. The SMILES string of the molecule is CCN(CC)c1ccc(-c2nnc(SC(C)C(=O)Nc3sc4c(c3C#N)CCCCC4)o2)cc1. The lowest BCUT2D eigenvalue weighted by Gasteiger charge is -2.20. The van der Waals surface area contributed by atoms with Gasteiger partial charge in [-0.3, -0.25) is 4.79 Å². The highest BCUT2D eigenvalue weighted by Gasteiger charge is 2.24. The Morgan fingerprint density at radius 2 is 1.94 bits per heavy atom. The first-order valence-corrected chi connectivity index (χ1v) is 13.4. The van der Waals surface area contributed by atoms with E-state index in [1.807, 2.05) is 24.3 Å². The molecule has 1 aliphatic carbocycles. The standard InChI is InChI=1S/C25H29N5O2S2/c1-4-30(5-2)18-13-11-17(12-14-18)23-28-29-25(32-23)33-16(3)22(31)27-24-20(15-26)19-9-7-6-8-10-21(19)34-24/h11-14,16H,4-10H2,1-3H3,(H,27,31). The van der Waals surface area contributed by atoms with Crippen molar-refractivity contribution in [1.29, 1.82) is 5.26 Å². The lowest BCUT2D eigenvalue weighted by atomic mass is 10.1. The minimum Gasteiger partial charge on any atom is -0.411 e. The highest BCUT2D eigenvalue weighted by atomic mass is 32.2. The number of hydrogen-bond donors (Lipinski definition) is 1. The van der Waals surface area contributed by atoms with Gasteiger partial charge in [-0.05, 0) is 76.3 Å². The van der Waals surface area contributed by atoms with E-state index in [0.717, 1.165) is 55.6 Å². The second-order valence-corrected chi connectivity index (χ2v) is 10.6. The van der Waals surface area contributed by atoms with Gasteiger partial charge in [-0.25, -0.2) is 0 Å². The lowest BCUT2D eigenvalue weighted by Crippen LogP contribution is -2.22. The Kier molecular flexibility index (Phi) is 7.91. The van der Waals surface area contributed by atoms with Gasteiger partial charge in [-0.1, -0.05) is 18.2 Å². The Morgan fingerprint density at radius 3 is 2.65 bits per heavy atom. The number of hydrogen-bond acceptors (Lipinski definition) is 8. The van der Waals surface area contributed by atoms with Crippen molar-refractivity contribution in [2.45, 2.75) is 63.3 Å². The lowest BCUT2D eigenvalue weighted by molar-refractivity contribution is -0.115. The first-order chi connectivity index (χ1) is 16.5. The van der Waals surface area contributed by atoms with E-state index in [-0.39, 0.29) is 5.91 Å². The Bertz CT molecular complexity index is 1180. The van der Waals surface area contributed by atoms with Crippen LogP contribution in [0.3, 0.4) is 0 Å². The number of nitrogens with zero attached hydrogens (tertiary/aromatic N) is 4. The van der Waals surface area contributed by atoms with Crippen molar-refractivity contribution >= 4 is 39.7 Å². The number of amides is 1. The largest absolute Gasteiger partial charge is 0.411 e. The second-order valence-electron chi connectivity index (χ2n) is 8.22. The molecule has 178 valence electrons. The second kappa shape index (κ2) is 11.1. The molecular weight excluding hydrogens is 466 g/mol. The molecule has 7 nitrogen and oxygen atoms in total. The van der Waals surface area contributed by atoms with Crippen LogP contribution in [0.2, 0.25) is 0 Å². The number of carbonyl (C=O) groups excluding carboxylic acids is 1. The van der Waals surface area contributed by atoms with Gasteiger partial charge in [0, 0.05) is 29.2 Å². The van der Waals surface area contributed by atoms with Gasteiger partial charge < -0.3 is 14.6 Å². The van der Waals surface area contributed by atoms with Gasteiger partial charge in [0.15, 0.2) is 0 Å². The highest BCUT2D eigenvalue weighted by molar-refractivity contribution is 8.00. The number of aryl methyl sites for hydroxylation is 1. The molecular formula is C25H29N5O2S2. The molecule has 1 aliphatic rings. The summed E-state index contributed by atoms with van der Waals surface area (Å²) in [6, 6.07) is 10.3. The first-order valence-electron chi connectivity index (χ1n) is 11.7. The fraction of sp³-hybridized carbons (Fsp3) is 0.440. The predicted octanol–water partition coefficient (Wildman–Crippen LogP) is 5.90. The maximum absolute atomic E-state index is 12.9. The molecule has 0 spiro atoms. The molecule has 1 amide bonds. The number of thioether (sulfide) groups is 1. The fourth-order valence-corrected chi connectivity index (χ4v) is 6.07. The molecule has 1 N–H and O–H groups in total. The number of benzene rings is 1. The van der Waals surface area contributed by atoms with Crippen LogP contribution < -0.4 is 10.2 Å². The van der Waals surface area contributed by atoms with Crippen LogP contribution in [0, 0.1) is 11.3 Å². The summed E-state index contributed by atoms with van der Waals surface area (Å²) in [4.78, 5) is 16.4. The molecule has 0 aliphatic heterocycles. The van der Waals surface area contributed by atoms with E-state index in [4.69, 9.17) is 4.42 Å². The molecule has 0 bridgehead atoms. The molecule has 0 saturated carbocycles. The zero-order chi connectivity index (χ0) is 24.1. The summed E-state index contributed by atoms with van der Waals surface area (Å²) >= 11 is 2.76. The molecule has 0 radical (unpaired) electrons. The maximum Gasteiger partial charge on any atom is 0.277 e. The first kappa shape index (κ1) is 24.3. The van der Waals surface area contributed by atoms with Crippen molar-refractivity contribution in [2.24, 2.45) is 0 Å². The minimum atomic E-state index is -0.452. The molecule has 4 rings (SSSR count). The topological polar surface area (TPSA) is 95.0 Å². The van der Waals surface area contributed by atoms with Gasteiger partial charge >= 0.3 is 0 Å². The van der Waals surface area contributed by atoms with Crippen molar-refractivity contribution in [2.75, 3.05) is 23.3 Å². The third-order valence-corrected chi connectivity index (χ3v) is 8.21. The van der Waals surface area contributed by atoms with E-state index >= 15 is 0 Å². The number of thiophene rings is 1. The number of rotatable bonds is 8. The smallest absolute Gasteiger partial charge is 0.277 e. The molecule has 9 heteroatoms. The van der Waals surface area contributed by atoms with E-state index in [1.54, 1.807) is 18.3 Å². The van der Waals surface area contributed by atoms with Crippen LogP contribution >= 0.6 is 23.1 Å². The van der Waals surface area contributed by atoms with Gasteiger partial charge in [-0.15, -0.1) is 21.5 Å². The summed E-state index contributed by atoms with van der Waals surface area (Å²) < 4.78 is 5.82. The third kappa shape index (κ3) is 5.29. The van der Waals surface area contributed by atoms with E-state index < -0.39 is 5.25 Å². The maximum atomic E-state index is 12.9. The normalized spacial score (nSPS) is 14.1. The van der Waals surface area contributed by atoms with E-state index in [9.17, 15) is 10.1 Å². The molecule has 0 saturated heterocycles. The molecule has 0 fully saturated rings. The zero-order valence-electron chi connectivity index (χ0n) is 19.8.